The van der Waals surface area contributed by atoms with E-state index >= 15 is 0 Å². The SMILES string of the molecule is CCOC(=O)c1[nH]ncc1Cn1nc(C)c(-c2ccc(C#N)c(Cl)c2)c1C. The Morgan fingerprint density at radius 1 is 1.41 bits per heavy atom. The molecule has 3 aromatic rings. The molecule has 3 rings (SSSR count). The second-order valence-electron chi connectivity index (χ2n) is 6.00. The van der Waals surface area contributed by atoms with Gasteiger partial charge in [-0.15, -0.1) is 0 Å². The van der Waals surface area contributed by atoms with Gasteiger partial charge in [-0.05, 0) is 38.5 Å². The van der Waals surface area contributed by atoms with Gasteiger partial charge in [0.25, 0.3) is 0 Å². The smallest absolute Gasteiger partial charge is 0.356 e. The predicted octanol–water partition coefficient (Wildman–Crippen LogP) is 3.64. The number of H-pyrrole nitrogens is 1. The third-order valence-electron chi connectivity index (χ3n) is 4.28. The maximum absolute atomic E-state index is 12.0. The molecule has 0 aliphatic heterocycles. The number of rotatable bonds is 5. The molecule has 0 unspecified atom stereocenters. The van der Waals surface area contributed by atoms with Crippen molar-refractivity contribution in [2.45, 2.75) is 27.3 Å². The van der Waals surface area contributed by atoms with Crippen molar-refractivity contribution in [3.63, 3.8) is 0 Å². The van der Waals surface area contributed by atoms with E-state index in [1.54, 1.807) is 25.3 Å². The van der Waals surface area contributed by atoms with E-state index in [0.29, 0.717) is 35.0 Å². The Morgan fingerprint density at radius 2 is 2.19 bits per heavy atom. The summed E-state index contributed by atoms with van der Waals surface area (Å²) in [6, 6.07) is 7.38. The maximum Gasteiger partial charge on any atom is 0.356 e. The van der Waals surface area contributed by atoms with Gasteiger partial charge < -0.3 is 4.74 Å². The van der Waals surface area contributed by atoms with Crippen molar-refractivity contribution in [2.24, 2.45) is 0 Å². The molecule has 27 heavy (non-hydrogen) atoms. The van der Waals surface area contributed by atoms with E-state index in [1.807, 2.05) is 24.6 Å². The second-order valence-corrected chi connectivity index (χ2v) is 6.41. The fourth-order valence-corrected chi connectivity index (χ4v) is 3.23. The number of esters is 1. The van der Waals surface area contributed by atoms with E-state index in [2.05, 4.69) is 21.4 Å². The lowest BCUT2D eigenvalue weighted by Gasteiger charge is -2.07. The van der Waals surface area contributed by atoms with Gasteiger partial charge in [0.05, 0.1) is 35.6 Å². The van der Waals surface area contributed by atoms with Crippen LogP contribution in [0.4, 0.5) is 0 Å². The minimum atomic E-state index is -0.439. The summed E-state index contributed by atoms with van der Waals surface area (Å²) in [6.45, 7) is 6.28. The Bertz CT molecular complexity index is 1050. The number of nitriles is 1. The lowest BCUT2D eigenvalue weighted by molar-refractivity contribution is 0.0518. The highest BCUT2D eigenvalue weighted by Crippen LogP contribution is 2.30. The van der Waals surface area contributed by atoms with Crippen molar-refractivity contribution in [3.05, 3.63) is 57.6 Å². The Labute approximate surface area is 161 Å². The number of carbonyl (C=O) groups is 1. The summed E-state index contributed by atoms with van der Waals surface area (Å²) in [4.78, 5) is 12.0. The molecule has 0 aliphatic rings. The first-order valence-corrected chi connectivity index (χ1v) is 8.77. The number of hydrogen-bond acceptors (Lipinski definition) is 5. The minimum Gasteiger partial charge on any atom is -0.461 e. The normalized spacial score (nSPS) is 10.6. The highest BCUT2D eigenvalue weighted by Gasteiger charge is 2.19. The van der Waals surface area contributed by atoms with Crippen molar-refractivity contribution in [3.8, 4) is 17.2 Å². The first-order chi connectivity index (χ1) is 13.0. The summed E-state index contributed by atoms with van der Waals surface area (Å²) >= 11 is 6.18. The Morgan fingerprint density at radius 3 is 2.85 bits per heavy atom. The molecule has 0 aliphatic carbocycles. The summed E-state index contributed by atoms with van der Waals surface area (Å²) in [7, 11) is 0. The van der Waals surface area contributed by atoms with Gasteiger partial charge in [0.2, 0.25) is 0 Å². The molecule has 0 spiro atoms. The van der Waals surface area contributed by atoms with Gasteiger partial charge in [-0.1, -0.05) is 17.7 Å². The van der Waals surface area contributed by atoms with Crippen LogP contribution in [0.25, 0.3) is 11.1 Å². The number of halogens is 1. The number of nitrogens with one attached hydrogen (secondary N) is 1. The monoisotopic (exact) mass is 383 g/mol. The number of aryl methyl sites for hydroxylation is 1. The lowest BCUT2D eigenvalue weighted by Crippen LogP contribution is -2.11. The molecule has 0 bridgehead atoms. The Hall–Kier alpha value is -3.11. The van der Waals surface area contributed by atoms with Gasteiger partial charge in [-0.3, -0.25) is 9.78 Å². The molecule has 2 heterocycles. The van der Waals surface area contributed by atoms with Crippen LogP contribution in [0, 0.1) is 25.2 Å². The number of benzene rings is 1. The van der Waals surface area contributed by atoms with E-state index in [4.69, 9.17) is 21.6 Å². The number of aromatic nitrogens is 4. The highest BCUT2D eigenvalue weighted by atomic mass is 35.5. The number of hydrogen-bond donors (Lipinski definition) is 1. The van der Waals surface area contributed by atoms with Gasteiger partial charge in [0.15, 0.2) is 0 Å². The van der Waals surface area contributed by atoms with Crippen LogP contribution < -0.4 is 0 Å². The zero-order valence-corrected chi connectivity index (χ0v) is 16.0. The highest BCUT2D eigenvalue weighted by molar-refractivity contribution is 6.32. The third kappa shape index (κ3) is 3.57. The zero-order chi connectivity index (χ0) is 19.6. The minimum absolute atomic E-state index is 0.292. The van der Waals surface area contributed by atoms with Gasteiger partial charge in [-0.2, -0.15) is 15.5 Å². The number of ether oxygens (including phenoxy) is 1. The van der Waals surface area contributed by atoms with Crippen LogP contribution in [-0.2, 0) is 11.3 Å². The van der Waals surface area contributed by atoms with Crippen LogP contribution >= 0.6 is 11.6 Å². The van der Waals surface area contributed by atoms with Crippen LogP contribution in [0.5, 0.6) is 0 Å². The van der Waals surface area contributed by atoms with E-state index in [0.717, 1.165) is 22.5 Å². The van der Waals surface area contributed by atoms with Crippen molar-refractivity contribution in [1.29, 1.82) is 5.26 Å². The Balaban J connectivity index is 1.96. The van der Waals surface area contributed by atoms with E-state index in [9.17, 15) is 4.79 Å². The average Bonchev–Trinajstić information content (AvgIpc) is 3.20. The molecule has 0 saturated carbocycles. The molecular weight excluding hydrogens is 366 g/mol. The molecule has 2 aromatic heterocycles. The number of nitrogens with zero attached hydrogens (tertiary/aromatic N) is 4. The summed E-state index contributed by atoms with van der Waals surface area (Å²) in [5.41, 5.74) is 5.04. The number of carbonyl (C=O) groups excluding carboxylic acids is 1. The average molecular weight is 384 g/mol. The molecule has 0 fully saturated rings. The molecular formula is C19H18ClN5O2. The maximum atomic E-state index is 12.0. The molecule has 7 nitrogen and oxygen atoms in total. The number of aromatic amines is 1. The van der Waals surface area contributed by atoms with Gasteiger partial charge in [0, 0.05) is 16.8 Å². The van der Waals surface area contributed by atoms with Gasteiger partial charge in [-0.25, -0.2) is 4.79 Å². The molecule has 8 heteroatoms. The Kier molecular flexibility index (Phi) is 5.28. The predicted molar refractivity (Wildman–Crippen MR) is 101 cm³/mol. The topological polar surface area (TPSA) is 96.6 Å². The van der Waals surface area contributed by atoms with Crippen molar-refractivity contribution >= 4 is 17.6 Å². The van der Waals surface area contributed by atoms with E-state index in [1.165, 1.54) is 0 Å². The summed E-state index contributed by atoms with van der Waals surface area (Å²) in [5, 5.41) is 20.7. The first-order valence-electron chi connectivity index (χ1n) is 8.39. The van der Waals surface area contributed by atoms with E-state index < -0.39 is 5.97 Å². The quantitative estimate of drug-likeness (QED) is 0.678. The first kappa shape index (κ1) is 18.7. The van der Waals surface area contributed by atoms with Crippen LogP contribution in [-0.4, -0.2) is 32.6 Å². The van der Waals surface area contributed by atoms with Crippen LogP contribution in [0.15, 0.2) is 24.4 Å². The van der Waals surface area contributed by atoms with Crippen LogP contribution in [0.2, 0.25) is 5.02 Å². The lowest BCUT2D eigenvalue weighted by atomic mass is 10.0. The fraction of sp³-hybridized carbons (Fsp3) is 0.263. The molecule has 0 amide bonds. The zero-order valence-electron chi connectivity index (χ0n) is 15.2. The van der Waals surface area contributed by atoms with Gasteiger partial charge in [0.1, 0.15) is 11.8 Å². The second kappa shape index (κ2) is 7.64. The molecule has 1 N–H and O–H groups in total. The molecule has 0 radical (unpaired) electrons. The standard InChI is InChI=1S/C19H18ClN5O2/c1-4-27-19(26)18-15(9-22-23-18)10-25-12(3)17(11(2)24-25)13-5-6-14(8-21)16(20)7-13/h5-7,9H,4,10H2,1-3H3,(H,22,23). The fourth-order valence-electron chi connectivity index (χ4n) is 3.00. The van der Waals surface area contributed by atoms with E-state index in [-0.39, 0.29) is 0 Å². The molecule has 1 aromatic carbocycles. The summed E-state index contributed by atoms with van der Waals surface area (Å²) in [5.74, 6) is -0.439. The molecule has 0 saturated heterocycles. The molecule has 138 valence electrons. The third-order valence-corrected chi connectivity index (χ3v) is 4.59. The summed E-state index contributed by atoms with van der Waals surface area (Å²) < 4.78 is 6.86. The van der Waals surface area contributed by atoms with Crippen LogP contribution in [0.1, 0.15) is 39.9 Å². The molecule has 0 atom stereocenters. The van der Waals surface area contributed by atoms with Crippen molar-refractivity contribution in [2.75, 3.05) is 6.61 Å². The van der Waals surface area contributed by atoms with Crippen molar-refractivity contribution in [1.82, 2.24) is 20.0 Å². The largest absolute Gasteiger partial charge is 0.461 e. The van der Waals surface area contributed by atoms with Crippen LogP contribution in [0.3, 0.4) is 0 Å². The van der Waals surface area contributed by atoms with Gasteiger partial charge >= 0.3 is 5.97 Å². The summed E-state index contributed by atoms with van der Waals surface area (Å²) in [6.07, 6.45) is 1.60. The van der Waals surface area contributed by atoms with Crippen molar-refractivity contribution < 1.29 is 9.53 Å².